The van der Waals surface area contributed by atoms with Gasteiger partial charge in [-0.1, -0.05) is 17.7 Å². The van der Waals surface area contributed by atoms with Crippen LogP contribution in [0.5, 0.6) is 0 Å². The molecule has 0 radical (unpaired) electrons. The Morgan fingerprint density at radius 3 is 2.57 bits per heavy atom. The average Bonchev–Trinajstić information content (AvgIpc) is 2.44. The van der Waals surface area contributed by atoms with E-state index in [1.165, 1.54) is 12.1 Å². The lowest BCUT2D eigenvalue weighted by molar-refractivity contribution is -0.0826. The van der Waals surface area contributed by atoms with E-state index < -0.39 is 47.6 Å². The van der Waals surface area contributed by atoms with Crippen molar-refractivity contribution >= 4 is 16.2 Å². The molecular formula is C14H17F2NO5S. The Hall–Kier alpha value is -1.74. The average molecular weight is 349 g/mol. The molecule has 128 valence electrons. The van der Waals surface area contributed by atoms with Gasteiger partial charge in [0, 0.05) is 18.9 Å². The van der Waals surface area contributed by atoms with Crippen molar-refractivity contribution in [1.29, 1.82) is 0 Å². The van der Waals surface area contributed by atoms with Crippen LogP contribution in [-0.4, -0.2) is 50.1 Å². The molecule has 1 aliphatic rings. The minimum atomic E-state index is -4.06. The van der Waals surface area contributed by atoms with Crippen LogP contribution in [0.2, 0.25) is 0 Å². The molecule has 1 N–H and O–H groups in total. The lowest BCUT2D eigenvalue weighted by atomic mass is 9.96. The number of hydrogen-bond donors (Lipinski definition) is 1. The SMILES string of the molecule is Cc1ccc(S(=O)(=O)OCC2CN(C(=O)O)CC(F)(F)C2)cc1. The van der Waals surface area contributed by atoms with Gasteiger partial charge in [0.1, 0.15) is 0 Å². The van der Waals surface area contributed by atoms with Crippen LogP contribution in [0.25, 0.3) is 0 Å². The molecule has 1 unspecified atom stereocenters. The zero-order chi connectivity index (χ0) is 17.3. The van der Waals surface area contributed by atoms with E-state index in [9.17, 15) is 22.0 Å². The van der Waals surface area contributed by atoms with Gasteiger partial charge < -0.3 is 10.0 Å². The first-order valence-electron chi connectivity index (χ1n) is 6.91. The number of likely N-dealkylation sites (tertiary alicyclic amines) is 1. The quantitative estimate of drug-likeness (QED) is 0.844. The van der Waals surface area contributed by atoms with E-state index in [0.717, 1.165) is 5.56 Å². The molecule has 0 aromatic heterocycles. The van der Waals surface area contributed by atoms with Crippen molar-refractivity contribution in [2.45, 2.75) is 24.2 Å². The van der Waals surface area contributed by atoms with Crippen LogP contribution < -0.4 is 0 Å². The predicted octanol–water partition coefficient (Wildman–Crippen LogP) is 2.34. The Labute approximate surface area is 132 Å². The highest BCUT2D eigenvalue weighted by molar-refractivity contribution is 7.86. The molecule has 0 spiro atoms. The van der Waals surface area contributed by atoms with E-state index in [-0.39, 0.29) is 11.4 Å². The van der Waals surface area contributed by atoms with Crippen molar-refractivity contribution < 1.29 is 31.3 Å². The van der Waals surface area contributed by atoms with Crippen LogP contribution in [0, 0.1) is 12.8 Å². The van der Waals surface area contributed by atoms with Crippen LogP contribution in [-0.2, 0) is 14.3 Å². The van der Waals surface area contributed by atoms with Crippen LogP contribution >= 0.6 is 0 Å². The summed E-state index contributed by atoms with van der Waals surface area (Å²) in [7, 11) is -4.06. The number of amides is 1. The Balaban J connectivity index is 2.04. The number of piperidine rings is 1. The van der Waals surface area contributed by atoms with E-state index in [4.69, 9.17) is 9.29 Å². The first kappa shape index (κ1) is 17.6. The lowest BCUT2D eigenvalue weighted by Gasteiger charge is -2.35. The number of carboxylic acid groups (broad SMARTS) is 1. The van der Waals surface area contributed by atoms with E-state index in [0.29, 0.717) is 4.90 Å². The third kappa shape index (κ3) is 4.61. The van der Waals surface area contributed by atoms with Gasteiger partial charge in [-0.15, -0.1) is 0 Å². The molecule has 1 aliphatic heterocycles. The summed E-state index contributed by atoms with van der Waals surface area (Å²) in [6.07, 6.45) is -2.07. The maximum absolute atomic E-state index is 13.5. The summed E-state index contributed by atoms with van der Waals surface area (Å²) >= 11 is 0. The largest absolute Gasteiger partial charge is 0.465 e. The van der Waals surface area contributed by atoms with Crippen molar-refractivity contribution in [2.24, 2.45) is 5.92 Å². The number of halogens is 2. The van der Waals surface area contributed by atoms with Gasteiger partial charge in [-0.2, -0.15) is 8.42 Å². The number of rotatable bonds is 4. The van der Waals surface area contributed by atoms with Gasteiger partial charge in [0.2, 0.25) is 0 Å². The van der Waals surface area contributed by atoms with Gasteiger partial charge in [-0.25, -0.2) is 13.6 Å². The van der Waals surface area contributed by atoms with Crippen LogP contribution in [0.4, 0.5) is 13.6 Å². The lowest BCUT2D eigenvalue weighted by Crippen LogP contribution is -2.50. The molecule has 0 saturated carbocycles. The molecule has 1 heterocycles. The number of benzene rings is 1. The van der Waals surface area contributed by atoms with E-state index >= 15 is 0 Å². The highest BCUT2D eigenvalue weighted by atomic mass is 32.2. The van der Waals surface area contributed by atoms with Crippen molar-refractivity contribution in [3.63, 3.8) is 0 Å². The Bertz CT molecular complexity index is 675. The topological polar surface area (TPSA) is 83.9 Å². The molecule has 1 aromatic rings. The minimum Gasteiger partial charge on any atom is -0.465 e. The van der Waals surface area contributed by atoms with Crippen molar-refractivity contribution in [2.75, 3.05) is 19.7 Å². The standard InChI is InChI=1S/C14H17F2NO5S/c1-10-2-4-12(5-3-10)23(20,21)22-8-11-6-14(15,16)9-17(7-11)13(18)19/h2-5,11H,6-9H2,1H3,(H,18,19). The number of aryl methyl sites for hydroxylation is 1. The van der Waals surface area contributed by atoms with E-state index in [1.807, 2.05) is 0 Å². The summed E-state index contributed by atoms with van der Waals surface area (Å²) in [5, 5.41) is 8.85. The Morgan fingerprint density at radius 2 is 2.00 bits per heavy atom. The van der Waals surface area contributed by atoms with Gasteiger partial charge in [-0.05, 0) is 19.1 Å². The molecule has 9 heteroatoms. The molecule has 1 amide bonds. The van der Waals surface area contributed by atoms with E-state index in [1.54, 1.807) is 19.1 Å². The predicted molar refractivity (Wildman–Crippen MR) is 77.0 cm³/mol. The van der Waals surface area contributed by atoms with Gasteiger partial charge in [0.25, 0.3) is 16.0 Å². The number of hydrogen-bond acceptors (Lipinski definition) is 4. The second-order valence-electron chi connectivity index (χ2n) is 5.64. The maximum atomic E-state index is 13.5. The second kappa shape index (κ2) is 6.40. The monoisotopic (exact) mass is 349 g/mol. The van der Waals surface area contributed by atoms with Crippen molar-refractivity contribution in [3.8, 4) is 0 Å². The summed E-state index contributed by atoms with van der Waals surface area (Å²) in [6, 6.07) is 5.92. The molecule has 0 bridgehead atoms. The fourth-order valence-corrected chi connectivity index (χ4v) is 3.40. The molecule has 1 fully saturated rings. The first-order valence-corrected chi connectivity index (χ1v) is 8.32. The van der Waals surface area contributed by atoms with Gasteiger partial charge >= 0.3 is 6.09 Å². The zero-order valence-electron chi connectivity index (χ0n) is 12.4. The summed E-state index contributed by atoms with van der Waals surface area (Å²) in [5.41, 5.74) is 0.868. The normalized spacial score (nSPS) is 21.2. The van der Waals surface area contributed by atoms with Crippen LogP contribution in [0.15, 0.2) is 29.2 Å². The minimum absolute atomic E-state index is 0.0687. The molecule has 1 saturated heterocycles. The fraction of sp³-hybridized carbons (Fsp3) is 0.500. The number of alkyl halides is 2. The van der Waals surface area contributed by atoms with Crippen molar-refractivity contribution in [1.82, 2.24) is 4.90 Å². The second-order valence-corrected chi connectivity index (χ2v) is 7.26. The Kier molecular flexibility index (Phi) is 4.90. The van der Waals surface area contributed by atoms with Crippen LogP contribution in [0.1, 0.15) is 12.0 Å². The summed E-state index contributed by atoms with van der Waals surface area (Å²) in [5.74, 6) is -4.09. The third-order valence-corrected chi connectivity index (χ3v) is 4.82. The highest BCUT2D eigenvalue weighted by Gasteiger charge is 2.42. The van der Waals surface area contributed by atoms with E-state index in [2.05, 4.69) is 0 Å². The number of carbonyl (C=O) groups is 1. The van der Waals surface area contributed by atoms with Gasteiger partial charge in [-0.3, -0.25) is 4.18 Å². The Morgan fingerprint density at radius 1 is 1.39 bits per heavy atom. The molecule has 23 heavy (non-hydrogen) atoms. The summed E-state index contributed by atoms with van der Waals surface area (Å²) in [6.45, 7) is 0.231. The molecule has 1 atom stereocenters. The molecule has 2 rings (SSSR count). The molecular weight excluding hydrogens is 332 g/mol. The molecule has 0 aliphatic carbocycles. The number of nitrogens with zero attached hydrogens (tertiary/aromatic N) is 1. The fourth-order valence-electron chi connectivity index (χ4n) is 2.42. The highest BCUT2D eigenvalue weighted by Crippen LogP contribution is 2.31. The maximum Gasteiger partial charge on any atom is 0.407 e. The van der Waals surface area contributed by atoms with Gasteiger partial charge in [0.15, 0.2) is 0 Å². The first-order chi connectivity index (χ1) is 10.6. The zero-order valence-corrected chi connectivity index (χ0v) is 13.2. The summed E-state index contributed by atoms with van der Waals surface area (Å²) < 4.78 is 56.0. The smallest absolute Gasteiger partial charge is 0.407 e. The van der Waals surface area contributed by atoms with Crippen molar-refractivity contribution in [3.05, 3.63) is 29.8 Å². The van der Waals surface area contributed by atoms with Gasteiger partial charge in [0.05, 0.1) is 18.0 Å². The summed E-state index contributed by atoms with van der Waals surface area (Å²) in [4.78, 5) is 11.4. The van der Waals surface area contributed by atoms with Crippen LogP contribution in [0.3, 0.4) is 0 Å². The molecule has 1 aromatic carbocycles. The third-order valence-electron chi connectivity index (χ3n) is 3.53. The molecule has 6 nitrogen and oxygen atoms in total.